The fourth-order valence-electron chi connectivity index (χ4n) is 2.54. The van der Waals surface area contributed by atoms with E-state index in [0.29, 0.717) is 18.0 Å². The van der Waals surface area contributed by atoms with Crippen molar-refractivity contribution in [2.24, 2.45) is 5.16 Å². The second kappa shape index (κ2) is 6.77. The molecule has 4 N–H and O–H groups in total. The van der Waals surface area contributed by atoms with Crippen LogP contribution in [0.2, 0.25) is 0 Å². The maximum atomic E-state index is 12.3. The molecule has 0 spiro atoms. The van der Waals surface area contributed by atoms with E-state index in [9.17, 15) is 14.4 Å². The molecular weight excluding hydrogens is 356 g/mol. The smallest absolute Gasteiger partial charge is 0.352 e. The molecule has 0 aromatic rings. The number of rotatable bonds is 4. The van der Waals surface area contributed by atoms with Gasteiger partial charge in [0.15, 0.2) is 5.71 Å². The molecule has 0 aromatic carbocycles. The Balaban J connectivity index is 1.70. The van der Waals surface area contributed by atoms with Crippen molar-refractivity contribution in [2.75, 3.05) is 18.1 Å². The highest BCUT2D eigenvalue weighted by molar-refractivity contribution is 8.02. The molecule has 9 nitrogen and oxygen atoms in total. The summed E-state index contributed by atoms with van der Waals surface area (Å²) in [5, 5.41) is 27.9. The minimum atomic E-state index is -1.18. The summed E-state index contributed by atoms with van der Waals surface area (Å²) in [6.45, 7) is 0.629. The molecule has 1 unspecified atom stereocenters. The lowest BCUT2D eigenvalue weighted by Crippen LogP contribution is -2.70. The summed E-state index contributed by atoms with van der Waals surface area (Å²) < 4.78 is 0. The lowest BCUT2D eigenvalue weighted by molar-refractivity contribution is -0.150. The molecule has 3 rings (SSSR count). The quantitative estimate of drug-likeness (QED) is 0.222. The van der Waals surface area contributed by atoms with Crippen LogP contribution in [-0.4, -0.2) is 68.2 Å². The van der Waals surface area contributed by atoms with E-state index in [1.807, 2.05) is 0 Å². The first-order valence-corrected chi connectivity index (χ1v) is 9.11. The number of β-lactam (4-membered cyclic amide) rings is 1. The van der Waals surface area contributed by atoms with Crippen LogP contribution < -0.4 is 10.6 Å². The van der Waals surface area contributed by atoms with Crippen molar-refractivity contribution in [3.8, 4) is 0 Å². The molecule has 1 saturated heterocycles. The number of carboxylic acid groups (broad SMARTS) is 1. The number of carbonyl (C=O) groups excluding carboxylic acids is 2. The SMILES string of the molecule is O=C(O)C1=CCS[C@@H]2C(NC(=O)C(=NO)C3=CSCCN3)C(=O)N12. The first-order chi connectivity index (χ1) is 11.5. The fourth-order valence-corrected chi connectivity index (χ4v) is 4.43. The average Bonchev–Trinajstić information content (AvgIpc) is 2.60. The van der Waals surface area contributed by atoms with Crippen molar-refractivity contribution in [1.29, 1.82) is 0 Å². The first-order valence-electron chi connectivity index (χ1n) is 7.01. The number of hydrogen-bond donors (Lipinski definition) is 4. The predicted molar refractivity (Wildman–Crippen MR) is 88.5 cm³/mol. The summed E-state index contributed by atoms with van der Waals surface area (Å²) in [6, 6.07) is -0.848. The highest BCUT2D eigenvalue weighted by atomic mass is 32.2. The molecule has 2 atom stereocenters. The van der Waals surface area contributed by atoms with Gasteiger partial charge in [-0.1, -0.05) is 5.16 Å². The number of oxime groups is 1. The van der Waals surface area contributed by atoms with Gasteiger partial charge >= 0.3 is 5.97 Å². The maximum absolute atomic E-state index is 12.3. The molecule has 0 saturated carbocycles. The van der Waals surface area contributed by atoms with Crippen LogP contribution in [0.25, 0.3) is 0 Å². The van der Waals surface area contributed by atoms with Crippen molar-refractivity contribution in [2.45, 2.75) is 11.4 Å². The van der Waals surface area contributed by atoms with Gasteiger partial charge in [-0.25, -0.2) is 4.79 Å². The van der Waals surface area contributed by atoms with E-state index in [2.05, 4.69) is 15.8 Å². The average molecular weight is 370 g/mol. The summed E-state index contributed by atoms with van der Waals surface area (Å²) in [6.07, 6.45) is 1.47. The van der Waals surface area contributed by atoms with Gasteiger partial charge in [0.25, 0.3) is 11.8 Å². The Bertz CT molecular complexity index is 690. The van der Waals surface area contributed by atoms with Crippen LogP contribution in [0.5, 0.6) is 0 Å². The van der Waals surface area contributed by atoms with E-state index < -0.39 is 29.2 Å². The van der Waals surface area contributed by atoms with E-state index in [4.69, 9.17) is 10.3 Å². The van der Waals surface area contributed by atoms with E-state index in [1.165, 1.54) is 29.6 Å². The van der Waals surface area contributed by atoms with E-state index in [0.717, 1.165) is 10.7 Å². The largest absolute Gasteiger partial charge is 0.477 e. The highest BCUT2D eigenvalue weighted by Crippen LogP contribution is 2.37. The van der Waals surface area contributed by atoms with Crippen LogP contribution in [0.15, 0.2) is 28.0 Å². The van der Waals surface area contributed by atoms with Gasteiger partial charge in [0.2, 0.25) is 0 Å². The molecule has 3 aliphatic heterocycles. The molecule has 24 heavy (non-hydrogen) atoms. The minimum absolute atomic E-state index is 0.0710. The van der Waals surface area contributed by atoms with Crippen LogP contribution in [-0.2, 0) is 14.4 Å². The Morgan fingerprint density at radius 3 is 2.88 bits per heavy atom. The molecule has 11 heteroatoms. The summed E-state index contributed by atoms with van der Waals surface area (Å²) in [5.41, 5.74) is 0.110. The molecule has 3 heterocycles. The number of amides is 2. The topological polar surface area (TPSA) is 131 Å². The van der Waals surface area contributed by atoms with Crippen LogP contribution in [0.4, 0.5) is 0 Å². The van der Waals surface area contributed by atoms with Crippen molar-refractivity contribution < 1.29 is 24.7 Å². The molecule has 128 valence electrons. The normalized spacial score (nSPS) is 26.4. The van der Waals surface area contributed by atoms with Gasteiger partial charge in [-0.15, -0.1) is 23.5 Å². The second-order valence-corrected chi connectivity index (χ2v) is 7.18. The molecule has 0 aliphatic carbocycles. The Morgan fingerprint density at radius 2 is 2.25 bits per heavy atom. The third-order valence-corrected chi connectivity index (χ3v) is 5.68. The fraction of sp³-hybridized carbons (Fsp3) is 0.385. The lowest BCUT2D eigenvalue weighted by Gasteiger charge is -2.48. The predicted octanol–water partition coefficient (Wildman–Crippen LogP) is -0.637. The van der Waals surface area contributed by atoms with Crippen LogP contribution in [0.3, 0.4) is 0 Å². The number of aliphatic carboxylic acids is 1. The van der Waals surface area contributed by atoms with E-state index in [-0.39, 0.29) is 11.4 Å². The Kier molecular flexibility index (Phi) is 4.71. The number of hydrogen-bond acceptors (Lipinski definition) is 8. The number of carbonyl (C=O) groups is 3. The summed E-state index contributed by atoms with van der Waals surface area (Å²) in [4.78, 5) is 36.8. The van der Waals surface area contributed by atoms with Crippen LogP contribution >= 0.6 is 23.5 Å². The van der Waals surface area contributed by atoms with Crippen LogP contribution in [0, 0.1) is 0 Å². The second-order valence-electron chi connectivity index (χ2n) is 5.06. The minimum Gasteiger partial charge on any atom is -0.477 e. The zero-order chi connectivity index (χ0) is 17.3. The van der Waals surface area contributed by atoms with Gasteiger partial charge in [-0.3, -0.25) is 14.5 Å². The van der Waals surface area contributed by atoms with Crippen molar-refractivity contribution in [3.63, 3.8) is 0 Å². The Morgan fingerprint density at radius 1 is 1.46 bits per heavy atom. The monoisotopic (exact) mass is 370 g/mol. The third-order valence-electron chi connectivity index (χ3n) is 3.66. The van der Waals surface area contributed by atoms with Crippen LogP contribution in [0.1, 0.15) is 0 Å². The van der Waals surface area contributed by atoms with E-state index >= 15 is 0 Å². The molecular formula is C13H14N4O5S2. The van der Waals surface area contributed by atoms with Gasteiger partial charge in [0.05, 0.1) is 5.70 Å². The standard InChI is InChI=1S/C13H14N4O5S2/c18-10(8(16-22)6-5-23-4-2-14-6)15-9-11(19)17-7(13(20)21)1-3-24-12(9)17/h1,5,9,12,14,22H,2-4H2,(H,15,18)(H,20,21)/t9?,12-/m1/s1. The van der Waals surface area contributed by atoms with Gasteiger partial charge in [-0.05, 0) is 11.5 Å². The number of fused-ring (bicyclic) bond motifs is 1. The summed E-state index contributed by atoms with van der Waals surface area (Å²) in [5.74, 6) is -1.09. The first kappa shape index (κ1) is 16.7. The zero-order valence-corrected chi connectivity index (χ0v) is 13.9. The van der Waals surface area contributed by atoms with Gasteiger partial charge in [0, 0.05) is 18.1 Å². The van der Waals surface area contributed by atoms with Gasteiger partial charge in [0.1, 0.15) is 17.1 Å². The van der Waals surface area contributed by atoms with Gasteiger partial charge in [-0.2, -0.15) is 0 Å². The highest BCUT2D eigenvalue weighted by Gasteiger charge is 2.53. The number of carboxylic acids is 1. The summed E-state index contributed by atoms with van der Waals surface area (Å²) in [7, 11) is 0. The maximum Gasteiger partial charge on any atom is 0.352 e. The molecule has 0 radical (unpaired) electrons. The van der Waals surface area contributed by atoms with Crippen molar-refractivity contribution >= 4 is 47.0 Å². The summed E-state index contributed by atoms with van der Waals surface area (Å²) >= 11 is 2.83. The zero-order valence-electron chi connectivity index (χ0n) is 12.3. The van der Waals surface area contributed by atoms with E-state index in [1.54, 1.807) is 5.41 Å². The number of thioether (sulfide) groups is 2. The Labute approximate surface area is 145 Å². The number of nitrogens with one attached hydrogen (secondary N) is 2. The Hall–Kier alpha value is -2.14. The third kappa shape index (κ3) is 2.84. The van der Waals surface area contributed by atoms with Gasteiger partial charge < -0.3 is 20.9 Å². The van der Waals surface area contributed by atoms with Crippen molar-refractivity contribution in [1.82, 2.24) is 15.5 Å². The number of nitrogens with zero attached hydrogens (tertiary/aromatic N) is 2. The molecule has 0 bridgehead atoms. The molecule has 2 amide bonds. The molecule has 0 aromatic heterocycles. The molecule has 3 aliphatic rings. The van der Waals surface area contributed by atoms with Crippen molar-refractivity contribution in [3.05, 3.63) is 22.9 Å². The molecule has 1 fully saturated rings. The lowest BCUT2D eigenvalue weighted by atomic mass is 10.0.